The van der Waals surface area contributed by atoms with Crippen molar-refractivity contribution in [2.24, 2.45) is 13.0 Å². The predicted molar refractivity (Wildman–Crippen MR) is 79.4 cm³/mol. The van der Waals surface area contributed by atoms with E-state index in [1.165, 1.54) is 40.4 Å². The topological polar surface area (TPSA) is 25.2 Å². The zero-order valence-corrected chi connectivity index (χ0v) is 12.1. The number of benzene rings is 1. The van der Waals surface area contributed by atoms with Crippen LogP contribution in [-0.4, -0.2) is 15.8 Å². The van der Waals surface area contributed by atoms with E-state index < -0.39 is 0 Å². The summed E-state index contributed by atoms with van der Waals surface area (Å²) in [7, 11) is 2.13. The van der Waals surface area contributed by atoms with Crippen LogP contribution >= 0.6 is 0 Å². The number of hydrogen-bond acceptors (Lipinski definition) is 1. The first-order chi connectivity index (χ1) is 9.08. The molecule has 2 atom stereocenters. The molecule has 2 heteroatoms. The van der Waals surface area contributed by atoms with Crippen LogP contribution in [0.3, 0.4) is 0 Å². The highest BCUT2D eigenvalue weighted by molar-refractivity contribution is 5.87. The standard InChI is InChI=1S/C17H23NO/c1-11-7-8-15-14(9-13-5-4-6-16(13)19)10-18(3)17(15)12(11)2/h7-8,10,13,16,19H,4-6,9H2,1-3H3. The monoisotopic (exact) mass is 257 g/mol. The van der Waals surface area contributed by atoms with E-state index in [9.17, 15) is 5.11 Å². The molecular weight excluding hydrogens is 234 g/mol. The Morgan fingerprint density at radius 1 is 1.26 bits per heavy atom. The highest BCUT2D eigenvalue weighted by atomic mass is 16.3. The number of aliphatic hydroxyl groups excluding tert-OH is 1. The number of aliphatic hydroxyl groups is 1. The Kier molecular flexibility index (Phi) is 3.14. The summed E-state index contributed by atoms with van der Waals surface area (Å²) < 4.78 is 2.24. The number of fused-ring (bicyclic) bond motifs is 1. The molecule has 1 heterocycles. The molecule has 19 heavy (non-hydrogen) atoms. The molecule has 0 aliphatic heterocycles. The molecule has 2 nitrogen and oxygen atoms in total. The third kappa shape index (κ3) is 2.08. The Morgan fingerprint density at radius 3 is 2.74 bits per heavy atom. The minimum absolute atomic E-state index is 0.0956. The molecule has 2 aromatic rings. The average molecular weight is 257 g/mol. The summed E-state index contributed by atoms with van der Waals surface area (Å²) in [5.74, 6) is 0.451. The molecule has 1 N–H and O–H groups in total. The van der Waals surface area contributed by atoms with Gasteiger partial charge in [0, 0.05) is 18.6 Å². The van der Waals surface area contributed by atoms with Crippen LogP contribution in [0.25, 0.3) is 10.9 Å². The van der Waals surface area contributed by atoms with E-state index in [4.69, 9.17) is 0 Å². The summed E-state index contributed by atoms with van der Waals surface area (Å²) in [6, 6.07) is 4.46. The van der Waals surface area contributed by atoms with Gasteiger partial charge in [-0.25, -0.2) is 0 Å². The zero-order valence-electron chi connectivity index (χ0n) is 12.1. The van der Waals surface area contributed by atoms with Crippen LogP contribution in [0.2, 0.25) is 0 Å². The molecule has 3 rings (SSSR count). The van der Waals surface area contributed by atoms with E-state index in [1.54, 1.807) is 0 Å². The van der Waals surface area contributed by atoms with Crippen LogP contribution in [-0.2, 0) is 13.5 Å². The van der Waals surface area contributed by atoms with Gasteiger partial charge < -0.3 is 9.67 Å². The number of rotatable bonds is 2. The summed E-state index contributed by atoms with van der Waals surface area (Å²) in [6.07, 6.45) is 6.50. The Morgan fingerprint density at radius 2 is 2.05 bits per heavy atom. The zero-order chi connectivity index (χ0) is 13.6. The number of hydrogen-bond donors (Lipinski definition) is 1. The van der Waals surface area contributed by atoms with Gasteiger partial charge in [-0.15, -0.1) is 0 Å². The number of aromatic nitrogens is 1. The van der Waals surface area contributed by atoms with Gasteiger partial charge in [0.25, 0.3) is 0 Å². The highest BCUT2D eigenvalue weighted by Gasteiger charge is 2.26. The predicted octanol–water partition coefficient (Wildman–Crippen LogP) is 3.50. The normalized spacial score (nSPS) is 23.4. The van der Waals surface area contributed by atoms with Gasteiger partial charge in [-0.1, -0.05) is 18.6 Å². The van der Waals surface area contributed by atoms with E-state index in [1.807, 2.05) is 0 Å². The van der Waals surface area contributed by atoms with E-state index in [-0.39, 0.29) is 6.10 Å². The number of aryl methyl sites for hydroxylation is 3. The molecule has 0 amide bonds. The lowest BCUT2D eigenvalue weighted by molar-refractivity contribution is 0.133. The van der Waals surface area contributed by atoms with Crippen LogP contribution in [0, 0.1) is 19.8 Å². The van der Waals surface area contributed by atoms with Gasteiger partial charge in [-0.3, -0.25) is 0 Å². The Bertz CT molecular complexity index is 611. The van der Waals surface area contributed by atoms with Gasteiger partial charge >= 0.3 is 0 Å². The van der Waals surface area contributed by atoms with Crippen LogP contribution < -0.4 is 0 Å². The summed E-state index contributed by atoms with van der Waals surface area (Å²) in [5, 5.41) is 11.4. The van der Waals surface area contributed by atoms with Crippen molar-refractivity contribution >= 4 is 10.9 Å². The average Bonchev–Trinajstić information content (AvgIpc) is 2.90. The van der Waals surface area contributed by atoms with Gasteiger partial charge in [-0.2, -0.15) is 0 Å². The van der Waals surface area contributed by atoms with Crippen LogP contribution in [0.5, 0.6) is 0 Å². The minimum Gasteiger partial charge on any atom is -0.393 e. The number of nitrogens with zero attached hydrogens (tertiary/aromatic N) is 1. The van der Waals surface area contributed by atoms with Crippen molar-refractivity contribution in [1.29, 1.82) is 0 Å². The van der Waals surface area contributed by atoms with E-state index in [0.717, 1.165) is 12.8 Å². The lowest BCUT2D eigenvalue weighted by Gasteiger charge is -2.13. The second kappa shape index (κ2) is 4.68. The lowest BCUT2D eigenvalue weighted by atomic mass is 9.95. The summed E-state index contributed by atoms with van der Waals surface area (Å²) >= 11 is 0. The molecule has 1 aromatic heterocycles. The van der Waals surface area contributed by atoms with Crippen molar-refractivity contribution in [3.8, 4) is 0 Å². The third-order valence-corrected chi connectivity index (χ3v) is 4.85. The van der Waals surface area contributed by atoms with Gasteiger partial charge in [0.1, 0.15) is 0 Å². The molecule has 0 radical (unpaired) electrons. The Hall–Kier alpha value is -1.28. The molecule has 1 aliphatic rings. The maximum atomic E-state index is 10.0. The smallest absolute Gasteiger partial charge is 0.0571 e. The second-order valence-corrected chi connectivity index (χ2v) is 6.13. The molecule has 0 spiro atoms. The second-order valence-electron chi connectivity index (χ2n) is 6.13. The fraction of sp³-hybridized carbons (Fsp3) is 0.529. The van der Waals surface area contributed by atoms with Crippen LogP contribution in [0.15, 0.2) is 18.3 Å². The van der Waals surface area contributed by atoms with E-state index in [2.05, 4.69) is 43.8 Å². The fourth-order valence-electron chi connectivity index (χ4n) is 3.58. The fourth-order valence-corrected chi connectivity index (χ4v) is 3.58. The molecule has 1 aromatic carbocycles. The van der Waals surface area contributed by atoms with Crippen molar-refractivity contribution in [2.75, 3.05) is 0 Å². The first-order valence-electron chi connectivity index (χ1n) is 7.30. The van der Waals surface area contributed by atoms with Gasteiger partial charge in [0.05, 0.1) is 11.6 Å². The summed E-state index contributed by atoms with van der Waals surface area (Å²) in [4.78, 5) is 0. The van der Waals surface area contributed by atoms with Gasteiger partial charge in [0.15, 0.2) is 0 Å². The Labute approximate surface area is 115 Å². The molecule has 1 fully saturated rings. The maximum absolute atomic E-state index is 10.0. The molecule has 1 aliphatic carbocycles. The van der Waals surface area contributed by atoms with Gasteiger partial charge in [-0.05, 0) is 55.7 Å². The first-order valence-corrected chi connectivity index (χ1v) is 7.30. The Balaban J connectivity index is 2.03. The van der Waals surface area contributed by atoms with Gasteiger partial charge in [0.2, 0.25) is 0 Å². The van der Waals surface area contributed by atoms with Crippen molar-refractivity contribution in [3.05, 3.63) is 35.0 Å². The lowest BCUT2D eigenvalue weighted by Crippen LogP contribution is -2.15. The SMILES string of the molecule is Cc1ccc2c(CC3CCCC3O)cn(C)c2c1C. The molecule has 102 valence electrons. The molecular formula is C17H23NO. The van der Waals surface area contributed by atoms with Crippen molar-refractivity contribution in [2.45, 2.75) is 45.6 Å². The molecule has 0 bridgehead atoms. The highest BCUT2D eigenvalue weighted by Crippen LogP contribution is 2.33. The van der Waals surface area contributed by atoms with Crippen LogP contribution in [0.4, 0.5) is 0 Å². The van der Waals surface area contributed by atoms with Crippen molar-refractivity contribution in [1.82, 2.24) is 4.57 Å². The largest absolute Gasteiger partial charge is 0.393 e. The van der Waals surface area contributed by atoms with Crippen molar-refractivity contribution in [3.63, 3.8) is 0 Å². The third-order valence-electron chi connectivity index (χ3n) is 4.85. The summed E-state index contributed by atoms with van der Waals surface area (Å²) in [6.45, 7) is 4.37. The van der Waals surface area contributed by atoms with E-state index >= 15 is 0 Å². The molecule has 0 saturated heterocycles. The molecule has 1 saturated carbocycles. The minimum atomic E-state index is -0.0956. The maximum Gasteiger partial charge on any atom is 0.0571 e. The summed E-state index contributed by atoms with van der Waals surface area (Å²) in [5.41, 5.74) is 5.47. The molecule has 2 unspecified atom stereocenters. The van der Waals surface area contributed by atoms with E-state index in [0.29, 0.717) is 5.92 Å². The van der Waals surface area contributed by atoms with Crippen molar-refractivity contribution < 1.29 is 5.11 Å². The van der Waals surface area contributed by atoms with Crippen LogP contribution in [0.1, 0.15) is 36.0 Å². The first kappa shape index (κ1) is 12.7. The quantitative estimate of drug-likeness (QED) is 0.875.